The molecule has 0 spiro atoms. The summed E-state index contributed by atoms with van der Waals surface area (Å²) in [5, 5.41) is 0. The van der Waals surface area contributed by atoms with Crippen molar-refractivity contribution in [3.63, 3.8) is 0 Å². The van der Waals surface area contributed by atoms with E-state index in [1.807, 2.05) is 54.6 Å². The highest BCUT2D eigenvalue weighted by Gasteiger charge is 2.34. The Hall–Kier alpha value is -2.19. The van der Waals surface area contributed by atoms with Crippen molar-refractivity contribution in [2.24, 2.45) is 0 Å². The maximum absolute atomic E-state index is 11.9. The van der Waals surface area contributed by atoms with Gasteiger partial charge in [-0.1, -0.05) is 30.3 Å². The summed E-state index contributed by atoms with van der Waals surface area (Å²) in [5.74, 6) is 0.961. The molecule has 0 aromatic heterocycles. The Bertz CT molecular complexity index is 788. The molecular weight excluding hydrogens is 416 g/mol. The van der Waals surface area contributed by atoms with Crippen LogP contribution in [-0.4, -0.2) is 39.4 Å². The third-order valence-corrected chi connectivity index (χ3v) is 4.50. The summed E-state index contributed by atoms with van der Waals surface area (Å²) in [4.78, 5) is 11.9. The number of carbonyl (C=O) groups is 1. The Morgan fingerprint density at radius 3 is 2.41 bits per heavy atom. The zero-order chi connectivity index (χ0) is 19.1. The van der Waals surface area contributed by atoms with E-state index in [4.69, 9.17) is 23.7 Å². The molecule has 0 saturated heterocycles. The maximum atomic E-state index is 11.9. The lowest BCUT2D eigenvalue weighted by Crippen LogP contribution is -2.18. The van der Waals surface area contributed by atoms with E-state index in [0.717, 1.165) is 11.3 Å². The van der Waals surface area contributed by atoms with Gasteiger partial charge in [0.25, 0.3) is 0 Å². The fourth-order valence-electron chi connectivity index (χ4n) is 2.44. The molecule has 6 nitrogen and oxygen atoms in total. The third-order valence-electron chi connectivity index (χ3n) is 3.74. The van der Waals surface area contributed by atoms with Gasteiger partial charge in [0.2, 0.25) is 6.29 Å². The zero-order valence-corrected chi connectivity index (χ0v) is 16.3. The molecule has 1 atom stereocenters. The summed E-state index contributed by atoms with van der Waals surface area (Å²) < 4.78 is 27.1. The van der Waals surface area contributed by atoms with E-state index in [-0.39, 0.29) is 6.79 Å². The van der Waals surface area contributed by atoms with Crippen LogP contribution in [0.15, 0.2) is 59.1 Å². The molecule has 0 fully saturated rings. The molecule has 1 heterocycles. The second kappa shape index (κ2) is 9.66. The van der Waals surface area contributed by atoms with Gasteiger partial charge in [-0.05, 0) is 45.8 Å². The van der Waals surface area contributed by atoms with Crippen LogP contribution >= 0.6 is 15.9 Å². The number of cyclic esters (lactones) is 1. The van der Waals surface area contributed by atoms with Gasteiger partial charge in [0, 0.05) is 12.7 Å². The normalized spacial score (nSPS) is 16.5. The minimum Gasteiger partial charge on any atom is -0.457 e. The van der Waals surface area contributed by atoms with Crippen molar-refractivity contribution >= 4 is 27.5 Å². The first kappa shape index (κ1) is 19.6. The fourth-order valence-corrected chi connectivity index (χ4v) is 2.95. The van der Waals surface area contributed by atoms with E-state index in [0.29, 0.717) is 29.0 Å². The molecule has 1 aliphatic heterocycles. The van der Waals surface area contributed by atoms with Gasteiger partial charge in [0.1, 0.15) is 16.0 Å². The smallest absolute Gasteiger partial charge is 0.348 e. The Balaban J connectivity index is 1.67. The third kappa shape index (κ3) is 5.17. The number of ether oxygens (including phenoxy) is 5. The molecule has 3 rings (SSSR count). The number of rotatable bonds is 9. The summed E-state index contributed by atoms with van der Waals surface area (Å²) in [6.45, 7) is 0.840. The van der Waals surface area contributed by atoms with Crippen LogP contribution in [0, 0.1) is 0 Å². The first-order valence-corrected chi connectivity index (χ1v) is 9.10. The minimum absolute atomic E-state index is 0.0136. The van der Waals surface area contributed by atoms with Crippen LogP contribution in [0.2, 0.25) is 0 Å². The molecule has 1 unspecified atom stereocenters. The number of esters is 1. The second-order valence-electron chi connectivity index (χ2n) is 5.59. The summed E-state index contributed by atoms with van der Waals surface area (Å²) >= 11 is 3.29. The van der Waals surface area contributed by atoms with Crippen molar-refractivity contribution in [3.05, 3.63) is 64.6 Å². The van der Waals surface area contributed by atoms with Gasteiger partial charge in [-0.2, -0.15) is 0 Å². The van der Waals surface area contributed by atoms with Crippen LogP contribution in [0.1, 0.15) is 5.56 Å². The molecule has 142 valence electrons. The summed E-state index contributed by atoms with van der Waals surface area (Å²) in [5.41, 5.74) is 1.40. The molecule has 2 aromatic rings. The van der Waals surface area contributed by atoms with Crippen LogP contribution in [0.25, 0.3) is 5.57 Å². The fraction of sp³-hybridized carbons (Fsp3) is 0.250. The predicted molar refractivity (Wildman–Crippen MR) is 102 cm³/mol. The quantitative estimate of drug-likeness (QED) is 0.336. The molecule has 1 aliphatic rings. The van der Waals surface area contributed by atoms with Crippen LogP contribution in [0.3, 0.4) is 0 Å². The van der Waals surface area contributed by atoms with E-state index < -0.39 is 12.3 Å². The van der Waals surface area contributed by atoms with E-state index in [1.165, 1.54) is 0 Å². The lowest BCUT2D eigenvalue weighted by Gasteiger charge is -2.15. The van der Waals surface area contributed by atoms with Crippen molar-refractivity contribution in [1.82, 2.24) is 0 Å². The molecule has 0 bridgehead atoms. The van der Waals surface area contributed by atoms with Crippen LogP contribution < -0.4 is 4.74 Å². The van der Waals surface area contributed by atoms with Crippen molar-refractivity contribution in [2.45, 2.75) is 6.29 Å². The van der Waals surface area contributed by atoms with Gasteiger partial charge in [0.15, 0.2) is 6.79 Å². The Kier molecular flexibility index (Phi) is 7.00. The highest BCUT2D eigenvalue weighted by molar-refractivity contribution is 9.12. The number of para-hydroxylation sites is 1. The minimum atomic E-state index is -0.838. The molecule has 27 heavy (non-hydrogen) atoms. The number of hydrogen-bond donors (Lipinski definition) is 0. The van der Waals surface area contributed by atoms with Gasteiger partial charge in [-0.3, -0.25) is 0 Å². The average molecular weight is 435 g/mol. The predicted octanol–water partition coefficient (Wildman–Crippen LogP) is 4.10. The van der Waals surface area contributed by atoms with Crippen molar-refractivity contribution < 1.29 is 28.5 Å². The summed E-state index contributed by atoms with van der Waals surface area (Å²) in [7, 11) is 1.59. The number of hydrogen-bond acceptors (Lipinski definition) is 6. The van der Waals surface area contributed by atoms with E-state index in [9.17, 15) is 4.79 Å². The largest absolute Gasteiger partial charge is 0.457 e. The van der Waals surface area contributed by atoms with Crippen molar-refractivity contribution in [2.75, 3.05) is 27.1 Å². The lowest BCUT2D eigenvalue weighted by atomic mass is 10.1. The summed E-state index contributed by atoms with van der Waals surface area (Å²) in [6.07, 6.45) is -0.838. The highest BCUT2D eigenvalue weighted by Crippen LogP contribution is 2.36. The van der Waals surface area contributed by atoms with Gasteiger partial charge < -0.3 is 23.7 Å². The van der Waals surface area contributed by atoms with Gasteiger partial charge in [0.05, 0.1) is 13.2 Å². The molecule has 2 aromatic carbocycles. The first-order chi connectivity index (χ1) is 13.2. The van der Waals surface area contributed by atoms with E-state index in [1.54, 1.807) is 7.11 Å². The molecule has 0 saturated carbocycles. The topological polar surface area (TPSA) is 63.2 Å². The van der Waals surface area contributed by atoms with Crippen molar-refractivity contribution in [3.8, 4) is 11.5 Å². The molecule has 7 heteroatoms. The standard InChI is InChI=1S/C20H19BrO6/c1-23-11-12-24-13-25-20-17(18(21)19(22)27-20)14-7-9-16(10-8-14)26-15-5-3-2-4-6-15/h2-10,20H,11-13H2,1H3. The maximum Gasteiger partial charge on any atom is 0.348 e. The molecule has 0 aliphatic carbocycles. The zero-order valence-electron chi connectivity index (χ0n) is 14.7. The molecule has 0 N–H and O–H groups in total. The monoisotopic (exact) mass is 434 g/mol. The van der Waals surface area contributed by atoms with E-state index >= 15 is 0 Å². The Labute approximate surface area is 165 Å². The van der Waals surface area contributed by atoms with E-state index in [2.05, 4.69) is 15.9 Å². The van der Waals surface area contributed by atoms with Gasteiger partial charge in [-0.15, -0.1) is 0 Å². The van der Waals surface area contributed by atoms with Gasteiger partial charge >= 0.3 is 5.97 Å². The highest BCUT2D eigenvalue weighted by atomic mass is 79.9. The van der Waals surface area contributed by atoms with Crippen molar-refractivity contribution in [1.29, 1.82) is 0 Å². The Morgan fingerprint density at radius 1 is 1.00 bits per heavy atom. The molecular formula is C20H19BrO6. The first-order valence-electron chi connectivity index (χ1n) is 8.31. The lowest BCUT2D eigenvalue weighted by molar-refractivity contribution is -0.177. The Morgan fingerprint density at radius 2 is 1.70 bits per heavy atom. The average Bonchev–Trinajstić information content (AvgIpc) is 2.97. The number of carbonyl (C=O) groups excluding carboxylic acids is 1. The number of methoxy groups -OCH3 is 1. The SMILES string of the molecule is COCCOCOC1OC(=O)C(Br)=C1c1ccc(Oc2ccccc2)cc1. The number of halogens is 1. The number of benzene rings is 2. The second-order valence-corrected chi connectivity index (χ2v) is 6.38. The van der Waals surface area contributed by atoms with Crippen LogP contribution in [-0.2, 0) is 23.7 Å². The van der Waals surface area contributed by atoms with Crippen LogP contribution in [0.4, 0.5) is 0 Å². The molecule has 0 amide bonds. The van der Waals surface area contributed by atoms with Gasteiger partial charge in [-0.25, -0.2) is 4.79 Å². The van der Waals surface area contributed by atoms with Crippen LogP contribution in [0.5, 0.6) is 11.5 Å². The summed E-state index contributed by atoms with van der Waals surface area (Å²) in [6, 6.07) is 16.8. The molecule has 0 radical (unpaired) electrons.